The summed E-state index contributed by atoms with van der Waals surface area (Å²) in [6.45, 7) is 3.96. The lowest BCUT2D eigenvalue weighted by molar-refractivity contribution is 0.259. The number of ether oxygens (including phenoxy) is 2. The van der Waals surface area contributed by atoms with Gasteiger partial charge in [-0.1, -0.05) is 0 Å². The van der Waals surface area contributed by atoms with Crippen LogP contribution in [0.1, 0.15) is 18.5 Å². The number of benzene rings is 1. The van der Waals surface area contributed by atoms with Crippen molar-refractivity contribution in [2.24, 2.45) is 18.9 Å². The van der Waals surface area contributed by atoms with Crippen molar-refractivity contribution in [2.75, 3.05) is 40.4 Å². The predicted molar refractivity (Wildman–Crippen MR) is 113 cm³/mol. The lowest BCUT2D eigenvalue weighted by Gasteiger charge is -2.22. The monoisotopic (exact) mass is 434 g/mol. The second-order valence-electron chi connectivity index (χ2n) is 8.16. The van der Waals surface area contributed by atoms with E-state index in [-0.39, 0.29) is 4.90 Å². The van der Waals surface area contributed by atoms with Crippen molar-refractivity contribution in [3.8, 4) is 11.5 Å². The Balaban J connectivity index is 1.46. The maximum atomic E-state index is 13.4. The Labute approximate surface area is 178 Å². The molecule has 0 unspecified atom stereocenters. The summed E-state index contributed by atoms with van der Waals surface area (Å²) in [4.78, 5) is 2.64. The minimum absolute atomic E-state index is 0.179. The second-order valence-corrected chi connectivity index (χ2v) is 10.1. The first-order chi connectivity index (χ1) is 14.4. The van der Waals surface area contributed by atoms with E-state index in [9.17, 15) is 8.42 Å². The summed E-state index contributed by atoms with van der Waals surface area (Å²) in [7, 11) is 1.35. The highest BCUT2D eigenvalue weighted by Crippen LogP contribution is 2.38. The van der Waals surface area contributed by atoms with Gasteiger partial charge in [-0.25, -0.2) is 8.42 Å². The van der Waals surface area contributed by atoms with Gasteiger partial charge in [0.25, 0.3) is 0 Å². The van der Waals surface area contributed by atoms with Crippen molar-refractivity contribution >= 4 is 10.0 Å². The van der Waals surface area contributed by atoms with Crippen molar-refractivity contribution in [3.05, 3.63) is 36.2 Å². The third-order valence-electron chi connectivity index (χ3n) is 6.47. The number of likely N-dealkylation sites (tertiary alicyclic amines) is 1. The summed E-state index contributed by atoms with van der Waals surface area (Å²) in [6.07, 6.45) is 3.84. The number of rotatable bonds is 6. The Kier molecular flexibility index (Phi) is 6.04. The van der Waals surface area contributed by atoms with E-state index in [0.717, 1.165) is 32.5 Å². The number of methoxy groups -OCH3 is 2. The lowest BCUT2D eigenvalue weighted by atomic mass is 9.92. The minimum atomic E-state index is -3.64. The molecular weight excluding hydrogens is 404 g/mol. The van der Waals surface area contributed by atoms with Crippen LogP contribution in [-0.2, 0) is 23.6 Å². The smallest absolute Gasteiger partial charge is 0.246 e. The van der Waals surface area contributed by atoms with Gasteiger partial charge in [0.15, 0.2) is 0 Å². The van der Waals surface area contributed by atoms with Crippen LogP contribution in [-0.4, -0.2) is 67.8 Å². The van der Waals surface area contributed by atoms with Crippen molar-refractivity contribution in [2.45, 2.75) is 24.3 Å². The van der Waals surface area contributed by atoms with Crippen LogP contribution in [0.5, 0.6) is 11.5 Å². The molecule has 0 radical (unpaired) electrons. The number of nitrogens with zero attached hydrogens (tertiary/aromatic N) is 4. The van der Waals surface area contributed by atoms with Gasteiger partial charge >= 0.3 is 0 Å². The third kappa shape index (κ3) is 4.06. The fourth-order valence-corrected chi connectivity index (χ4v) is 6.35. The van der Waals surface area contributed by atoms with E-state index < -0.39 is 10.0 Å². The van der Waals surface area contributed by atoms with E-state index in [2.05, 4.69) is 16.1 Å². The molecule has 3 heterocycles. The van der Waals surface area contributed by atoms with E-state index in [0.29, 0.717) is 36.4 Å². The highest BCUT2D eigenvalue weighted by Gasteiger charge is 2.41. The van der Waals surface area contributed by atoms with Crippen molar-refractivity contribution in [1.29, 1.82) is 0 Å². The summed E-state index contributed by atoms with van der Waals surface area (Å²) < 4.78 is 40.9. The molecule has 8 nitrogen and oxygen atoms in total. The molecule has 1 aromatic carbocycles. The van der Waals surface area contributed by atoms with Crippen LogP contribution < -0.4 is 9.47 Å². The number of hydrogen-bond donors (Lipinski definition) is 0. The maximum absolute atomic E-state index is 13.4. The normalized spacial score (nSPS) is 23.2. The Hall–Kier alpha value is -2.10. The maximum Gasteiger partial charge on any atom is 0.246 e. The Bertz CT molecular complexity index is 975. The Morgan fingerprint density at radius 2 is 1.77 bits per heavy atom. The van der Waals surface area contributed by atoms with Crippen molar-refractivity contribution in [3.63, 3.8) is 0 Å². The van der Waals surface area contributed by atoms with Crippen LogP contribution >= 0.6 is 0 Å². The van der Waals surface area contributed by atoms with E-state index in [1.54, 1.807) is 22.5 Å². The van der Waals surface area contributed by atoms with Crippen LogP contribution in [0.3, 0.4) is 0 Å². The fourth-order valence-electron chi connectivity index (χ4n) is 4.62. The number of fused-ring (bicyclic) bond motifs is 1. The molecule has 2 atom stereocenters. The lowest BCUT2D eigenvalue weighted by Crippen LogP contribution is -2.31. The Morgan fingerprint density at radius 3 is 2.33 bits per heavy atom. The van der Waals surface area contributed by atoms with Crippen LogP contribution in [0.4, 0.5) is 0 Å². The second kappa shape index (κ2) is 8.56. The molecule has 2 aliphatic rings. The zero-order valence-corrected chi connectivity index (χ0v) is 18.6. The van der Waals surface area contributed by atoms with Gasteiger partial charge in [0.2, 0.25) is 10.0 Å². The molecule has 2 saturated heterocycles. The molecule has 9 heteroatoms. The molecule has 0 amide bonds. The SMILES string of the molecule is COc1ccc(OC)c(S(=O)(=O)N2C[C@H]3CCN(Cc4ccnn4C)CC[C@H]3C2)c1. The number of sulfonamides is 1. The van der Waals surface area contributed by atoms with Gasteiger partial charge < -0.3 is 9.47 Å². The molecule has 4 rings (SSSR count). The molecule has 2 aliphatic heterocycles. The molecule has 164 valence electrons. The van der Waals surface area contributed by atoms with E-state index >= 15 is 0 Å². The largest absolute Gasteiger partial charge is 0.497 e. The van der Waals surface area contributed by atoms with Crippen molar-refractivity contribution < 1.29 is 17.9 Å². The van der Waals surface area contributed by atoms with Gasteiger partial charge in [0.05, 0.1) is 19.9 Å². The van der Waals surface area contributed by atoms with E-state index in [1.807, 2.05) is 17.9 Å². The quantitative estimate of drug-likeness (QED) is 0.692. The van der Waals surface area contributed by atoms with Gasteiger partial charge in [-0.3, -0.25) is 9.58 Å². The summed E-state index contributed by atoms with van der Waals surface area (Å²) in [5, 5.41) is 4.25. The first kappa shape index (κ1) is 21.1. The number of aromatic nitrogens is 2. The zero-order valence-electron chi connectivity index (χ0n) is 17.8. The van der Waals surface area contributed by atoms with Crippen molar-refractivity contribution in [1.82, 2.24) is 19.0 Å². The van der Waals surface area contributed by atoms with Gasteiger partial charge in [-0.2, -0.15) is 9.40 Å². The third-order valence-corrected chi connectivity index (χ3v) is 8.32. The molecular formula is C21H30N4O4S. The average Bonchev–Trinajstić information content (AvgIpc) is 3.30. The predicted octanol–water partition coefficient (Wildman–Crippen LogP) is 1.97. The Morgan fingerprint density at radius 1 is 1.07 bits per heavy atom. The first-order valence-electron chi connectivity index (χ1n) is 10.3. The summed E-state index contributed by atoms with van der Waals surface area (Å²) in [5.41, 5.74) is 1.20. The first-order valence-corrected chi connectivity index (χ1v) is 11.8. The number of aryl methyl sites for hydroxylation is 1. The van der Waals surface area contributed by atoms with Crippen LogP contribution in [0, 0.1) is 11.8 Å². The van der Waals surface area contributed by atoms with Gasteiger partial charge in [0, 0.05) is 38.9 Å². The average molecular weight is 435 g/mol. The summed E-state index contributed by atoms with van der Waals surface area (Å²) >= 11 is 0. The standard InChI is InChI=1S/C21H30N4O4S/c1-23-18(6-9-22-23)15-24-10-7-16-13-25(14-17(16)8-11-24)30(26,27)21-12-19(28-2)4-5-20(21)29-3/h4-6,9,12,16-17H,7-8,10-11,13-15H2,1-3H3/t16-,17+. The molecule has 0 aliphatic carbocycles. The van der Waals surface area contributed by atoms with Gasteiger partial charge in [-0.15, -0.1) is 0 Å². The van der Waals surface area contributed by atoms with E-state index in [4.69, 9.17) is 9.47 Å². The highest BCUT2D eigenvalue weighted by atomic mass is 32.2. The topological polar surface area (TPSA) is 76.9 Å². The molecule has 1 aromatic heterocycles. The fraction of sp³-hybridized carbons (Fsp3) is 0.571. The summed E-state index contributed by atoms with van der Waals surface area (Å²) in [5.74, 6) is 1.62. The van der Waals surface area contributed by atoms with Crippen LogP contribution in [0.15, 0.2) is 35.4 Å². The molecule has 30 heavy (non-hydrogen) atoms. The van der Waals surface area contributed by atoms with E-state index in [1.165, 1.54) is 19.9 Å². The molecule has 0 saturated carbocycles. The van der Waals surface area contributed by atoms with Gasteiger partial charge in [0.1, 0.15) is 16.4 Å². The minimum Gasteiger partial charge on any atom is -0.497 e. The molecule has 0 N–H and O–H groups in total. The molecule has 2 fully saturated rings. The molecule has 2 aromatic rings. The molecule has 0 bridgehead atoms. The van der Waals surface area contributed by atoms with Crippen LogP contribution in [0.2, 0.25) is 0 Å². The summed E-state index contributed by atoms with van der Waals surface area (Å²) in [6, 6.07) is 6.97. The van der Waals surface area contributed by atoms with Crippen LogP contribution in [0.25, 0.3) is 0 Å². The molecule has 0 spiro atoms. The van der Waals surface area contributed by atoms with Gasteiger partial charge in [-0.05, 0) is 56.0 Å². The number of hydrogen-bond acceptors (Lipinski definition) is 6. The highest BCUT2D eigenvalue weighted by molar-refractivity contribution is 7.89. The zero-order chi connectivity index (χ0) is 21.3.